The van der Waals surface area contributed by atoms with Crippen molar-refractivity contribution in [3.8, 4) is 0 Å². The summed E-state index contributed by atoms with van der Waals surface area (Å²) in [6.45, 7) is 6.90. The number of anilines is 1. The number of aryl methyl sites for hydroxylation is 1. The van der Waals surface area contributed by atoms with E-state index < -0.39 is 0 Å². The fourth-order valence-corrected chi connectivity index (χ4v) is 2.55. The summed E-state index contributed by atoms with van der Waals surface area (Å²) in [5.41, 5.74) is 7.17. The fourth-order valence-electron chi connectivity index (χ4n) is 2.55. The molecule has 0 radical (unpaired) electrons. The Bertz CT molecular complexity index is 442. The number of carbonyl (C=O) groups is 1. The molecular formula is C14H23N3O2. The minimum absolute atomic E-state index is 0.0697. The number of aromatic nitrogens is 1. The quantitative estimate of drug-likeness (QED) is 0.902. The van der Waals surface area contributed by atoms with Crippen molar-refractivity contribution in [1.82, 2.24) is 9.47 Å². The van der Waals surface area contributed by atoms with Crippen LogP contribution < -0.4 is 5.73 Å². The molecule has 1 amide bonds. The van der Waals surface area contributed by atoms with E-state index in [1.54, 1.807) is 6.07 Å². The predicted molar refractivity (Wildman–Crippen MR) is 75.1 cm³/mol. The third-order valence-corrected chi connectivity index (χ3v) is 3.56. The van der Waals surface area contributed by atoms with Crippen molar-refractivity contribution in [3.63, 3.8) is 0 Å². The maximum absolute atomic E-state index is 12.7. The molecule has 1 aromatic rings. The van der Waals surface area contributed by atoms with Crippen LogP contribution in [0.5, 0.6) is 0 Å². The smallest absolute Gasteiger partial charge is 0.270 e. The number of nitrogens with zero attached hydrogens (tertiary/aromatic N) is 2. The average Bonchev–Trinajstić information content (AvgIpc) is 2.79. The van der Waals surface area contributed by atoms with E-state index >= 15 is 0 Å². The molecule has 19 heavy (non-hydrogen) atoms. The number of ether oxygens (including phenoxy) is 1. The largest absolute Gasteiger partial charge is 0.397 e. The van der Waals surface area contributed by atoms with Gasteiger partial charge < -0.3 is 19.9 Å². The Balaban J connectivity index is 2.22. The minimum atomic E-state index is 0.0697. The molecule has 0 bridgehead atoms. The van der Waals surface area contributed by atoms with E-state index in [1.807, 2.05) is 15.7 Å². The first kappa shape index (κ1) is 13.9. The molecule has 1 saturated heterocycles. The van der Waals surface area contributed by atoms with Gasteiger partial charge in [-0.3, -0.25) is 4.79 Å². The molecule has 5 heteroatoms. The summed E-state index contributed by atoms with van der Waals surface area (Å²) in [5, 5.41) is 0. The van der Waals surface area contributed by atoms with Gasteiger partial charge in [-0.05, 0) is 18.9 Å². The standard InChI is InChI=1S/C14H23N3O2/c1-3-5-16-9-11(15)8-13(16)14(18)17-6-7-19-10-12(17)4-2/h8-9,12H,3-7,10,15H2,1-2H3. The molecule has 0 spiro atoms. The van der Waals surface area contributed by atoms with E-state index in [-0.39, 0.29) is 11.9 Å². The van der Waals surface area contributed by atoms with Crippen molar-refractivity contribution in [2.24, 2.45) is 0 Å². The number of morpholine rings is 1. The first-order chi connectivity index (χ1) is 9.17. The summed E-state index contributed by atoms with van der Waals surface area (Å²) < 4.78 is 7.41. The van der Waals surface area contributed by atoms with Crippen LogP contribution in [-0.4, -0.2) is 41.2 Å². The van der Waals surface area contributed by atoms with E-state index in [2.05, 4.69) is 13.8 Å². The molecule has 2 N–H and O–H groups in total. The molecule has 5 nitrogen and oxygen atoms in total. The summed E-state index contributed by atoms with van der Waals surface area (Å²) in [7, 11) is 0. The van der Waals surface area contributed by atoms with Gasteiger partial charge in [-0.25, -0.2) is 0 Å². The monoisotopic (exact) mass is 265 g/mol. The summed E-state index contributed by atoms with van der Waals surface area (Å²) in [6, 6.07) is 1.95. The molecule has 0 aromatic carbocycles. The highest BCUT2D eigenvalue weighted by molar-refractivity contribution is 5.94. The third-order valence-electron chi connectivity index (χ3n) is 3.56. The second kappa shape index (κ2) is 6.10. The molecule has 1 unspecified atom stereocenters. The third kappa shape index (κ3) is 2.92. The molecular weight excluding hydrogens is 242 g/mol. The van der Waals surface area contributed by atoms with Gasteiger partial charge in [0.05, 0.1) is 24.9 Å². The maximum atomic E-state index is 12.7. The van der Waals surface area contributed by atoms with Crippen molar-refractivity contribution in [1.29, 1.82) is 0 Å². The highest BCUT2D eigenvalue weighted by Gasteiger charge is 2.28. The van der Waals surface area contributed by atoms with Gasteiger partial charge in [0.2, 0.25) is 0 Å². The van der Waals surface area contributed by atoms with Crippen molar-refractivity contribution < 1.29 is 9.53 Å². The Morgan fingerprint density at radius 3 is 3.00 bits per heavy atom. The summed E-state index contributed by atoms with van der Waals surface area (Å²) in [5.74, 6) is 0.0697. The van der Waals surface area contributed by atoms with Crippen LogP contribution in [-0.2, 0) is 11.3 Å². The summed E-state index contributed by atoms with van der Waals surface area (Å²) in [6.07, 6.45) is 3.74. The van der Waals surface area contributed by atoms with E-state index in [1.165, 1.54) is 0 Å². The van der Waals surface area contributed by atoms with Gasteiger partial charge in [0, 0.05) is 19.3 Å². The highest BCUT2D eigenvalue weighted by Crippen LogP contribution is 2.18. The number of carbonyl (C=O) groups excluding carboxylic acids is 1. The molecule has 106 valence electrons. The van der Waals surface area contributed by atoms with Gasteiger partial charge in [0.1, 0.15) is 5.69 Å². The Hall–Kier alpha value is -1.49. The van der Waals surface area contributed by atoms with Crippen LogP contribution in [0.1, 0.15) is 37.2 Å². The van der Waals surface area contributed by atoms with Crippen molar-refractivity contribution in [2.75, 3.05) is 25.5 Å². The lowest BCUT2D eigenvalue weighted by molar-refractivity contribution is -0.00334. The molecule has 1 aliphatic rings. The molecule has 0 saturated carbocycles. The zero-order valence-corrected chi connectivity index (χ0v) is 11.8. The van der Waals surface area contributed by atoms with E-state index in [4.69, 9.17) is 10.5 Å². The minimum Gasteiger partial charge on any atom is -0.397 e. The molecule has 0 aliphatic carbocycles. The van der Waals surface area contributed by atoms with Gasteiger partial charge in [0.15, 0.2) is 0 Å². The molecule has 1 atom stereocenters. The van der Waals surface area contributed by atoms with Gasteiger partial charge in [-0.1, -0.05) is 13.8 Å². The maximum Gasteiger partial charge on any atom is 0.270 e. The summed E-state index contributed by atoms with van der Waals surface area (Å²) >= 11 is 0. The average molecular weight is 265 g/mol. The number of nitrogens with two attached hydrogens (primary N) is 1. The topological polar surface area (TPSA) is 60.5 Å². The van der Waals surface area contributed by atoms with Crippen molar-refractivity contribution >= 4 is 11.6 Å². The number of hydrogen-bond acceptors (Lipinski definition) is 3. The van der Waals surface area contributed by atoms with Crippen LogP contribution in [0, 0.1) is 0 Å². The van der Waals surface area contributed by atoms with E-state index in [0.29, 0.717) is 31.1 Å². The normalized spacial score (nSPS) is 19.7. The Morgan fingerprint density at radius 2 is 2.32 bits per heavy atom. The van der Waals surface area contributed by atoms with Crippen LogP contribution in [0.2, 0.25) is 0 Å². The van der Waals surface area contributed by atoms with E-state index in [0.717, 1.165) is 19.4 Å². The van der Waals surface area contributed by atoms with Gasteiger partial charge in [-0.15, -0.1) is 0 Å². The fraction of sp³-hybridized carbons (Fsp3) is 0.643. The molecule has 1 aliphatic heterocycles. The number of rotatable bonds is 4. The van der Waals surface area contributed by atoms with Crippen LogP contribution >= 0.6 is 0 Å². The zero-order valence-electron chi connectivity index (χ0n) is 11.8. The summed E-state index contributed by atoms with van der Waals surface area (Å²) in [4.78, 5) is 14.6. The zero-order chi connectivity index (χ0) is 13.8. The Kier molecular flexibility index (Phi) is 4.47. The predicted octanol–water partition coefficient (Wildman–Crippen LogP) is 1.73. The lowest BCUT2D eigenvalue weighted by Crippen LogP contribution is -2.48. The number of amides is 1. The van der Waals surface area contributed by atoms with Crippen LogP contribution in [0.4, 0.5) is 5.69 Å². The lowest BCUT2D eigenvalue weighted by Gasteiger charge is -2.35. The number of nitrogen functional groups attached to an aromatic ring is 1. The van der Waals surface area contributed by atoms with Gasteiger partial charge in [0.25, 0.3) is 5.91 Å². The van der Waals surface area contributed by atoms with Crippen molar-refractivity contribution in [3.05, 3.63) is 18.0 Å². The Labute approximate surface area is 114 Å². The highest BCUT2D eigenvalue weighted by atomic mass is 16.5. The molecule has 2 rings (SSSR count). The first-order valence-corrected chi connectivity index (χ1v) is 7.01. The second-order valence-corrected chi connectivity index (χ2v) is 4.99. The first-order valence-electron chi connectivity index (χ1n) is 7.01. The molecule has 1 aromatic heterocycles. The Morgan fingerprint density at radius 1 is 1.53 bits per heavy atom. The van der Waals surface area contributed by atoms with Gasteiger partial charge in [-0.2, -0.15) is 0 Å². The van der Waals surface area contributed by atoms with E-state index in [9.17, 15) is 4.79 Å². The molecule has 1 fully saturated rings. The lowest BCUT2D eigenvalue weighted by atomic mass is 10.1. The second-order valence-electron chi connectivity index (χ2n) is 4.99. The number of hydrogen-bond donors (Lipinski definition) is 1. The van der Waals surface area contributed by atoms with Gasteiger partial charge >= 0.3 is 0 Å². The van der Waals surface area contributed by atoms with Crippen LogP contribution in [0.25, 0.3) is 0 Å². The molecule has 2 heterocycles. The van der Waals surface area contributed by atoms with Crippen LogP contribution in [0.3, 0.4) is 0 Å². The van der Waals surface area contributed by atoms with Crippen molar-refractivity contribution in [2.45, 2.75) is 39.3 Å². The SMILES string of the molecule is CCCn1cc(N)cc1C(=O)N1CCOCC1CC. The van der Waals surface area contributed by atoms with Crippen LogP contribution in [0.15, 0.2) is 12.3 Å².